The molecule has 0 spiro atoms. The minimum atomic E-state index is -0.466. The Kier molecular flexibility index (Phi) is 5.25. The van der Waals surface area contributed by atoms with Gasteiger partial charge >= 0.3 is 5.69 Å². The fraction of sp³-hybridized carbons (Fsp3) is 0.211. The topological polar surface area (TPSA) is 97.1 Å². The zero-order valence-corrected chi connectivity index (χ0v) is 15.4. The molecule has 0 saturated carbocycles. The Hall–Kier alpha value is -3.55. The van der Waals surface area contributed by atoms with Gasteiger partial charge in [0.2, 0.25) is 11.6 Å². The van der Waals surface area contributed by atoms with Gasteiger partial charge < -0.3 is 10.2 Å². The maximum atomic E-state index is 11.9. The Morgan fingerprint density at radius 1 is 1.11 bits per heavy atom. The predicted molar refractivity (Wildman–Crippen MR) is 105 cm³/mol. The zero-order valence-electron chi connectivity index (χ0n) is 15.4. The van der Waals surface area contributed by atoms with Crippen LogP contribution in [0.1, 0.15) is 18.1 Å². The predicted octanol–water partition coefficient (Wildman–Crippen LogP) is 4.30. The standard InChI is InChI=1S/C19H20N6O2/c1-4-24(15-7-5-6-13(2)10-15)19-17(25(26)27)18(21-12-22-19)23-16-11-14(3)8-9-20-16/h5-12H,4H2,1-3H3,(H,20,21,22,23). The molecule has 0 aliphatic heterocycles. The number of nitrogens with zero attached hydrogens (tertiary/aromatic N) is 5. The van der Waals surface area contributed by atoms with E-state index in [-0.39, 0.29) is 17.3 Å². The molecule has 1 aromatic carbocycles. The van der Waals surface area contributed by atoms with Crippen molar-refractivity contribution >= 4 is 28.8 Å². The normalized spacial score (nSPS) is 10.5. The van der Waals surface area contributed by atoms with Gasteiger partial charge in [-0.2, -0.15) is 0 Å². The Balaban J connectivity index is 2.09. The molecule has 3 rings (SSSR count). The van der Waals surface area contributed by atoms with E-state index in [1.807, 2.05) is 51.1 Å². The molecule has 0 amide bonds. The second-order valence-corrected chi connectivity index (χ2v) is 6.08. The average molecular weight is 364 g/mol. The van der Waals surface area contributed by atoms with Crippen molar-refractivity contribution in [1.29, 1.82) is 0 Å². The molecule has 0 aliphatic carbocycles. The second kappa shape index (κ2) is 7.77. The van der Waals surface area contributed by atoms with Crippen molar-refractivity contribution in [2.24, 2.45) is 0 Å². The fourth-order valence-corrected chi connectivity index (χ4v) is 2.80. The van der Waals surface area contributed by atoms with Crippen LogP contribution in [-0.4, -0.2) is 26.4 Å². The summed E-state index contributed by atoms with van der Waals surface area (Å²) in [4.78, 5) is 25.7. The lowest BCUT2D eigenvalue weighted by Gasteiger charge is -2.22. The lowest BCUT2D eigenvalue weighted by atomic mass is 10.2. The largest absolute Gasteiger partial charge is 0.354 e. The van der Waals surface area contributed by atoms with Gasteiger partial charge in [-0.15, -0.1) is 0 Å². The summed E-state index contributed by atoms with van der Waals surface area (Å²) in [5.74, 6) is 0.828. The van der Waals surface area contributed by atoms with Crippen molar-refractivity contribution in [3.05, 3.63) is 70.2 Å². The summed E-state index contributed by atoms with van der Waals surface area (Å²) in [5, 5.41) is 14.8. The molecule has 2 heterocycles. The summed E-state index contributed by atoms with van der Waals surface area (Å²) >= 11 is 0. The van der Waals surface area contributed by atoms with Crippen molar-refractivity contribution in [2.75, 3.05) is 16.8 Å². The van der Waals surface area contributed by atoms with Crippen molar-refractivity contribution < 1.29 is 4.92 Å². The highest BCUT2D eigenvalue weighted by atomic mass is 16.6. The van der Waals surface area contributed by atoms with Gasteiger partial charge in [0, 0.05) is 18.4 Å². The molecule has 8 nitrogen and oxygen atoms in total. The molecule has 0 unspecified atom stereocenters. The summed E-state index contributed by atoms with van der Waals surface area (Å²) < 4.78 is 0. The van der Waals surface area contributed by atoms with Crippen LogP contribution in [-0.2, 0) is 0 Å². The van der Waals surface area contributed by atoms with Gasteiger partial charge in [-0.1, -0.05) is 12.1 Å². The third-order valence-electron chi connectivity index (χ3n) is 4.03. The third kappa shape index (κ3) is 4.00. The van der Waals surface area contributed by atoms with Crippen molar-refractivity contribution in [2.45, 2.75) is 20.8 Å². The van der Waals surface area contributed by atoms with Crippen LogP contribution in [0.5, 0.6) is 0 Å². The molecule has 0 fully saturated rings. The summed E-state index contributed by atoms with van der Waals surface area (Å²) in [7, 11) is 0. The van der Waals surface area contributed by atoms with E-state index in [9.17, 15) is 10.1 Å². The molecule has 0 atom stereocenters. The first kappa shape index (κ1) is 18.2. The summed E-state index contributed by atoms with van der Waals surface area (Å²) in [6.45, 7) is 6.33. The van der Waals surface area contributed by atoms with E-state index < -0.39 is 4.92 Å². The summed E-state index contributed by atoms with van der Waals surface area (Å²) in [6.07, 6.45) is 2.95. The first-order chi connectivity index (χ1) is 13.0. The number of rotatable bonds is 6. The van der Waals surface area contributed by atoms with E-state index in [2.05, 4.69) is 20.3 Å². The highest BCUT2D eigenvalue weighted by molar-refractivity contribution is 5.77. The highest BCUT2D eigenvalue weighted by Gasteiger charge is 2.27. The number of nitrogens with one attached hydrogen (secondary N) is 1. The van der Waals surface area contributed by atoms with Crippen LogP contribution < -0.4 is 10.2 Å². The molecule has 0 radical (unpaired) electrons. The quantitative estimate of drug-likeness (QED) is 0.514. The maximum absolute atomic E-state index is 11.9. The maximum Gasteiger partial charge on any atom is 0.354 e. The number of hydrogen-bond donors (Lipinski definition) is 1. The Morgan fingerprint density at radius 2 is 1.89 bits per heavy atom. The molecule has 8 heteroatoms. The molecule has 0 aliphatic rings. The van der Waals surface area contributed by atoms with E-state index in [0.29, 0.717) is 12.4 Å². The van der Waals surface area contributed by atoms with Crippen LogP contribution in [0, 0.1) is 24.0 Å². The van der Waals surface area contributed by atoms with Crippen LogP contribution in [0.25, 0.3) is 0 Å². The molecular formula is C19H20N6O2. The van der Waals surface area contributed by atoms with Gasteiger partial charge in [-0.05, 0) is 56.2 Å². The summed E-state index contributed by atoms with van der Waals surface area (Å²) in [5.41, 5.74) is 2.69. The number of nitro groups is 1. The monoisotopic (exact) mass is 364 g/mol. The molecule has 27 heavy (non-hydrogen) atoms. The average Bonchev–Trinajstić information content (AvgIpc) is 2.62. The van der Waals surface area contributed by atoms with Gasteiger partial charge in [0.15, 0.2) is 0 Å². The molecule has 2 aromatic heterocycles. The first-order valence-corrected chi connectivity index (χ1v) is 8.53. The lowest BCUT2D eigenvalue weighted by molar-refractivity contribution is -0.383. The minimum Gasteiger partial charge on any atom is -0.321 e. The second-order valence-electron chi connectivity index (χ2n) is 6.08. The Morgan fingerprint density at radius 3 is 2.56 bits per heavy atom. The van der Waals surface area contributed by atoms with E-state index in [1.165, 1.54) is 6.33 Å². The van der Waals surface area contributed by atoms with E-state index in [1.54, 1.807) is 17.2 Å². The zero-order chi connectivity index (χ0) is 19.4. The van der Waals surface area contributed by atoms with Crippen molar-refractivity contribution in [3.8, 4) is 0 Å². The van der Waals surface area contributed by atoms with Crippen LogP contribution in [0.3, 0.4) is 0 Å². The van der Waals surface area contributed by atoms with Gasteiger partial charge in [0.05, 0.1) is 4.92 Å². The van der Waals surface area contributed by atoms with Gasteiger partial charge in [-0.25, -0.2) is 15.0 Å². The van der Waals surface area contributed by atoms with Crippen molar-refractivity contribution in [1.82, 2.24) is 15.0 Å². The van der Waals surface area contributed by atoms with Crippen molar-refractivity contribution in [3.63, 3.8) is 0 Å². The van der Waals surface area contributed by atoms with Gasteiger partial charge in [0.25, 0.3) is 0 Å². The number of aryl methyl sites for hydroxylation is 2. The number of hydrogen-bond acceptors (Lipinski definition) is 7. The smallest absolute Gasteiger partial charge is 0.321 e. The lowest BCUT2D eigenvalue weighted by Crippen LogP contribution is -2.20. The number of pyridine rings is 1. The minimum absolute atomic E-state index is 0.106. The van der Waals surface area contributed by atoms with Crippen LogP contribution >= 0.6 is 0 Å². The van der Waals surface area contributed by atoms with E-state index in [0.717, 1.165) is 16.8 Å². The number of aromatic nitrogens is 3. The van der Waals surface area contributed by atoms with Gasteiger partial charge in [-0.3, -0.25) is 10.1 Å². The number of anilines is 4. The number of benzene rings is 1. The molecule has 3 aromatic rings. The fourth-order valence-electron chi connectivity index (χ4n) is 2.80. The molecule has 0 saturated heterocycles. The molecule has 138 valence electrons. The SMILES string of the molecule is CCN(c1cccc(C)c1)c1ncnc(Nc2cc(C)ccn2)c1[N+](=O)[O-]. The molecule has 0 bridgehead atoms. The molecular weight excluding hydrogens is 344 g/mol. The van der Waals surface area contributed by atoms with Gasteiger partial charge in [0.1, 0.15) is 12.1 Å². The third-order valence-corrected chi connectivity index (χ3v) is 4.03. The van der Waals surface area contributed by atoms with Crippen LogP contribution in [0.15, 0.2) is 48.9 Å². The van der Waals surface area contributed by atoms with E-state index in [4.69, 9.17) is 0 Å². The Labute approximate surface area is 157 Å². The van der Waals surface area contributed by atoms with Crippen LogP contribution in [0.2, 0.25) is 0 Å². The molecule has 1 N–H and O–H groups in total. The first-order valence-electron chi connectivity index (χ1n) is 8.53. The van der Waals surface area contributed by atoms with E-state index >= 15 is 0 Å². The highest BCUT2D eigenvalue weighted by Crippen LogP contribution is 2.36. The Bertz CT molecular complexity index is 976. The van der Waals surface area contributed by atoms with Crippen LogP contribution in [0.4, 0.5) is 28.8 Å². The summed E-state index contributed by atoms with van der Waals surface area (Å²) in [6, 6.07) is 11.4.